The van der Waals surface area contributed by atoms with Crippen LogP contribution in [0.4, 0.5) is 0 Å². The van der Waals surface area contributed by atoms with Crippen LogP contribution in [0, 0.1) is 11.3 Å². The van der Waals surface area contributed by atoms with Gasteiger partial charge >= 0.3 is 5.97 Å². The van der Waals surface area contributed by atoms with Crippen molar-refractivity contribution in [1.82, 2.24) is 0 Å². The zero-order valence-electron chi connectivity index (χ0n) is 7.44. The molecule has 1 aromatic rings. The number of hydrogen-bond acceptors (Lipinski definition) is 3. The maximum absolute atomic E-state index is 11.1. The molecule has 4 nitrogen and oxygen atoms in total. The lowest BCUT2D eigenvalue weighted by atomic mass is 10.0. The second-order valence-corrected chi connectivity index (χ2v) is 2.73. The van der Waals surface area contributed by atoms with Crippen LogP contribution in [0.5, 0.6) is 0 Å². The summed E-state index contributed by atoms with van der Waals surface area (Å²) >= 11 is 0. The van der Waals surface area contributed by atoms with E-state index in [-0.39, 0.29) is 22.5 Å². The second-order valence-electron chi connectivity index (χ2n) is 2.73. The minimum absolute atomic E-state index is 0.00852. The van der Waals surface area contributed by atoms with Crippen LogP contribution in [-0.4, -0.2) is 16.9 Å². The Morgan fingerprint density at radius 2 is 2.07 bits per heavy atom. The number of Topliss-reactive ketones (excluding diaryl/α,β-unsaturated/α-hetero) is 1. The van der Waals surface area contributed by atoms with Gasteiger partial charge in [-0.15, -0.1) is 0 Å². The monoisotopic (exact) mass is 189 g/mol. The van der Waals surface area contributed by atoms with Crippen molar-refractivity contribution in [2.45, 2.75) is 6.92 Å². The molecule has 1 aromatic carbocycles. The number of carbonyl (C=O) groups excluding carboxylic acids is 1. The summed E-state index contributed by atoms with van der Waals surface area (Å²) in [4.78, 5) is 21.6. The number of rotatable bonds is 2. The van der Waals surface area contributed by atoms with Crippen molar-refractivity contribution in [3.05, 3.63) is 34.9 Å². The molecule has 0 amide bonds. The third-order valence-electron chi connectivity index (χ3n) is 1.77. The first kappa shape index (κ1) is 9.93. The number of aromatic carboxylic acids is 1. The van der Waals surface area contributed by atoms with Crippen LogP contribution in [-0.2, 0) is 0 Å². The Bertz CT molecular complexity index is 443. The molecule has 0 aliphatic heterocycles. The molecular weight excluding hydrogens is 182 g/mol. The fraction of sp³-hybridized carbons (Fsp3) is 0.100. The fourth-order valence-corrected chi connectivity index (χ4v) is 1.07. The van der Waals surface area contributed by atoms with Gasteiger partial charge in [0.1, 0.15) is 0 Å². The molecule has 0 aliphatic carbocycles. The molecule has 0 saturated heterocycles. The van der Waals surface area contributed by atoms with Crippen molar-refractivity contribution in [2.24, 2.45) is 0 Å². The van der Waals surface area contributed by atoms with Gasteiger partial charge in [0.25, 0.3) is 0 Å². The van der Waals surface area contributed by atoms with Crippen LogP contribution in [0.3, 0.4) is 0 Å². The SMILES string of the molecule is CC(=O)c1cc(C(=O)O)ccc1C#N. The molecule has 0 fully saturated rings. The summed E-state index contributed by atoms with van der Waals surface area (Å²) in [5, 5.41) is 17.3. The fourth-order valence-electron chi connectivity index (χ4n) is 1.07. The molecule has 70 valence electrons. The van der Waals surface area contributed by atoms with E-state index >= 15 is 0 Å². The first-order valence-electron chi connectivity index (χ1n) is 3.84. The molecule has 0 aromatic heterocycles. The Hall–Kier alpha value is -2.15. The number of ketones is 1. The summed E-state index contributed by atoms with van der Waals surface area (Å²) in [5.41, 5.74) is 0.351. The molecule has 0 atom stereocenters. The lowest BCUT2D eigenvalue weighted by Crippen LogP contribution is -2.02. The molecule has 0 unspecified atom stereocenters. The van der Waals surface area contributed by atoms with Crippen molar-refractivity contribution in [3.8, 4) is 6.07 Å². The maximum atomic E-state index is 11.1. The van der Waals surface area contributed by atoms with Crippen molar-refractivity contribution < 1.29 is 14.7 Å². The normalized spacial score (nSPS) is 9.14. The van der Waals surface area contributed by atoms with E-state index in [1.54, 1.807) is 0 Å². The van der Waals surface area contributed by atoms with E-state index in [2.05, 4.69) is 0 Å². The summed E-state index contributed by atoms with van der Waals surface area (Å²) in [6, 6.07) is 5.67. The molecule has 0 spiro atoms. The average Bonchev–Trinajstić information content (AvgIpc) is 2.16. The van der Waals surface area contributed by atoms with Gasteiger partial charge < -0.3 is 5.11 Å². The minimum atomic E-state index is -1.11. The highest BCUT2D eigenvalue weighted by atomic mass is 16.4. The largest absolute Gasteiger partial charge is 0.478 e. The van der Waals surface area contributed by atoms with Gasteiger partial charge in [0, 0.05) is 5.56 Å². The number of carboxylic acids is 1. The highest BCUT2D eigenvalue weighted by Gasteiger charge is 2.10. The number of carbonyl (C=O) groups is 2. The molecule has 0 saturated carbocycles. The quantitative estimate of drug-likeness (QED) is 0.714. The van der Waals surface area contributed by atoms with E-state index in [9.17, 15) is 9.59 Å². The molecular formula is C10H7NO3. The minimum Gasteiger partial charge on any atom is -0.478 e. The van der Waals surface area contributed by atoms with Crippen LogP contribution in [0.15, 0.2) is 18.2 Å². The smallest absolute Gasteiger partial charge is 0.335 e. The van der Waals surface area contributed by atoms with E-state index in [4.69, 9.17) is 10.4 Å². The van der Waals surface area contributed by atoms with E-state index in [1.165, 1.54) is 25.1 Å². The molecule has 0 radical (unpaired) electrons. The molecule has 0 heterocycles. The zero-order chi connectivity index (χ0) is 10.7. The van der Waals surface area contributed by atoms with Gasteiger partial charge in [-0.3, -0.25) is 4.79 Å². The Morgan fingerprint density at radius 3 is 2.50 bits per heavy atom. The second kappa shape index (κ2) is 3.71. The van der Waals surface area contributed by atoms with Crippen molar-refractivity contribution >= 4 is 11.8 Å². The molecule has 4 heteroatoms. The topological polar surface area (TPSA) is 78.2 Å². The van der Waals surface area contributed by atoms with Gasteiger partial charge in [-0.05, 0) is 25.1 Å². The van der Waals surface area contributed by atoms with Gasteiger partial charge in [-0.2, -0.15) is 5.26 Å². The van der Waals surface area contributed by atoms with Gasteiger partial charge in [-0.1, -0.05) is 0 Å². The Labute approximate surface area is 80.4 Å². The maximum Gasteiger partial charge on any atom is 0.335 e. The molecule has 0 bridgehead atoms. The van der Waals surface area contributed by atoms with E-state index < -0.39 is 5.97 Å². The summed E-state index contributed by atoms with van der Waals surface area (Å²) in [5.74, 6) is -1.43. The van der Waals surface area contributed by atoms with Gasteiger partial charge in [0.15, 0.2) is 5.78 Å². The van der Waals surface area contributed by atoms with Crippen molar-refractivity contribution in [1.29, 1.82) is 5.26 Å². The third-order valence-corrected chi connectivity index (χ3v) is 1.77. The molecule has 1 rings (SSSR count). The summed E-state index contributed by atoms with van der Waals surface area (Å²) in [6.45, 7) is 1.29. The highest BCUT2D eigenvalue weighted by Crippen LogP contribution is 2.12. The lowest BCUT2D eigenvalue weighted by molar-refractivity contribution is 0.0697. The van der Waals surface area contributed by atoms with Crippen LogP contribution >= 0.6 is 0 Å². The Kier molecular flexibility index (Phi) is 2.63. The zero-order valence-corrected chi connectivity index (χ0v) is 7.44. The predicted molar refractivity (Wildman–Crippen MR) is 48.1 cm³/mol. The lowest BCUT2D eigenvalue weighted by Gasteiger charge is -2.00. The van der Waals surface area contributed by atoms with Gasteiger partial charge in [0.05, 0.1) is 17.2 Å². The first-order chi connectivity index (χ1) is 6.56. The van der Waals surface area contributed by atoms with Crippen LogP contribution in [0.1, 0.15) is 33.2 Å². The van der Waals surface area contributed by atoms with Crippen LogP contribution in [0.25, 0.3) is 0 Å². The first-order valence-corrected chi connectivity index (χ1v) is 3.84. The summed E-state index contributed by atoms with van der Waals surface area (Å²) in [7, 11) is 0. The third kappa shape index (κ3) is 1.77. The van der Waals surface area contributed by atoms with E-state index in [0.717, 1.165) is 0 Å². The van der Waals surface area contributed by atoms with Gasteiger partial charge in [0.2, 0.25) is 0 Å². The number of hydrogen-bond donors (Lipinski definition) is 1. The van der Waals surface area contributed by atoms with Crippen molar-refractivity contribution in [2.75, 3.05) is 0 Å². The summed E-state index contributed by atoms with van der Waals surface area (Å²) in [6.07, 6.45) is 0. The number of nitriles is 1. The van der Waals surface area contributed by atoms with E-state index in [1.807, 2.05) is 6.07 Å². The highest BCUT2D eigenvalue weighted by molar-refractivity contribution is 5.99. The Morgan fingerprint density at radius 1 is 1.43 bits per heavy atom. The number of nitrogens with zero attached hydrogens (tertiary/aromatic N) is 1. The summed E-state index contributed by atoms with van der Waals surface area (Å²) < 4.78 is 0. The molecule has 1 N–H and O–H groups in total. The number of carboxylic acid groups (broad SMARTS) is 1. The van der Waals surface area contributed by atoms with Crippen LogP contribution in [0.2, 0.25) is 0 Å². The van der Waals surface area contributed by atoms with Gasteiger partial charge in [-0.25, -0.2) is 4.79 Å². The van der Waals surface area contributed by atoms with Crippen molar-refractivity contribution in [3.63, 3.8) is 0 Å². The average molecular weight is 189 g/mol. The predicted octanol–water partition coefficient (Wildman–Crippen LogP) is 1.46. The molecule has 14 heavy (non-hydrogen) atoms. The Balaban J connectivity index is 3.37. The standard InChI is InChI=1S/C10H7NO3/c1-6(12)9-4-7(10(13)14)2-3-8(9)5-11/h2-4H,1H3,(H,13,14). The molecule has 0 aliphatic rings. The van der Waals surface area contributed by atoms with E-state index in [0.29, 0.717) is 0 Å². The number of benzene rings is 1. The van der Waals surface area contributed by atoms with Crippen LogP contribution < -0.4 is 0 Å².